The van der Waals surface area contributed by atoms with E-state index >= 15 is 0 Å². The lowest BCUT2D eigenvalue weighted by Crippen LogP contribution is -2.30. The summed E-state index contributed by atoms with van der Waals surface area (Å²) in [5.74, 6) is -0.477. The predicted octanol–water partition coefficient (Wildman–Crippen LogP) is 6.52. The molecular weight excluding hydrogens is 434 g/mol. The van der Waals surface area contributed by atoms with Gasteiger partial charge in [-0.1, -0.05) is 6.92 Å². The average molecular weight is 459 g/mol. The van der Waals surface area contributed by atoms with Crippen LogP contribution >= 0.6 is 0 Å². The number of hydrogen-bond donors (Lipinski definition) is 2. The van der Waals surface area contributed by atoms with Gasteiger partial charge in [-0.15, -0.1) is 0 Å². The number of carbonyl (C=O) groups is 1. The van der Waals surface area contributed by atoms with Crippen molar-refractivity contribution in [2.24, 2.45) is 11.8 Å². The first-order chi connectivity index (χ1) is 15.6. The molecule has 4 rings (SSSR count). The van der Waals surface area contributed by atoms with Gasteiger partial charge >= 0.3 is 6.18 Å². The topological polar surface area (TPSA) is 68.0 Å². The Balaban J connectivity index is 1.40. The van der Waals surface area contributed by atoms with Crippen LogP contribution < -0.4 is 11.1 Å². The van der Waals surface area contributed by atoms with Gasteiger partial charge in [0.05, 0.1) is 22.5 Å². The van der Waals surface area contributed by atoms with Gasteiger partial charge in [-0.3, -0.25) is 9.78 Å². The number of nitrogens with one attached hydrogen (secondary N) is 1. The molecule has 3 N–H and O–H groups in total. The second-order valence-corrected chi connectivity index (χ2v) is 8.75. The zero-order chi connectivity index (χ0) is 23.8. The smallest absolute Gasteiger partial charge is 0.397 e. The third-order valence-electron chi connectivity index (χ3n) is 6.71. The summed E-state index contributed by atoms with van der Waals surface area (Å²) in [4.78, 5) is 17.1. The highest BCUT2D eigenvalue weighted by molar-refractivity contribution is 5.95. The van der Waals surface area contributed by atoms with Crippen molar-refractivity contribution in [3.05, 3.63) is 65.6 Å². The van der Waals surface area contributed by atoms with Crippen LogP contribution in [0.25, 0.3) is 10.9 Å². The Morgan fingerprint density at radius 1 is 1.09 bits per heavy atom. The van der Waals surface area contributed by atoms with Crippen molar-refractivity contribution in [1.82, 2.24) is 4.98 Å². The zero-order valence-electron chi connectivity index (χ0n) is 18.1. The molecule has 0 aliphatic heterocycles. The molecule has 0 saturated heterocycles. The highest BCUT2D eigenvalue weighted by atomic mass is 19.4. The molecule has 1 aliphatic rings. The monoisotopic (exact) mass is 459 g/mol. The Bertz CT molecular complexity index is 1170. The number of alkyl halides is 3. The normalized spacial score (nSPS) is 19.9. The van der Waals surface area contributed by atoms with Gasteiger partial charge < -0.3 is 11.1 Å². The molecular formula is C25H25F4N3O. The maximum Gasteiger partial charge on any atom is 0.416 e. The molecule has 2 aromatic carbocycles. The number of nitrogens with two attached hydrogens (primary N) is 1. The van der Waals surface area contributed by atoms with Gasteiger partial charge in [-0.05, 0) is 85.5 Å². The van der Waals surface area contributed by atoms with Gasteiger partial charge in [0.15, 0.2) is 0 Å². The molecule has 33 heavy (non-hydrogen) atoms. The van der Waals surface area contributed by atoms with E-state index in [-0.39, 0.29) is 40.9 Å². The van der Waals surface area contributed by atoms with E-state index in [0.717, 1.165) is 54.3 Å². The molecule has 3 aromatic rings. The van der Waals surface area contributed by atoms with E-state index in [2.05, 4.69) is 10.3 Å². The molecule has 0 radical (unpaired) electrons. The van der Waals surface area contributed by atoms with Crippen LogP contribution in [0.3, 0.4) is 0 Å². The number of hydrogen-bond acceptors (Lipinski definition) is 3. The highest BCUT2D eigenvalue weighted by Crippen LogP contribution is 2.41. The van der Waals surface area contributed by atoms with E-state index in [0.29, 0.717) is 0 Å². The standard InChI is InChI=1S/C25H25F4N3O/c1-14(24(33)32-23-8-6-17(12-21(23)30)25(27,28)29)15-2-4-16(5-3-15)19-10-11-31-22-9-7-18(26)13-20(19)22/h6-16H,2-5,30H2,1H3,(H,32,33)/t14-,15-,16+/m1/s1. The predicted molar refractivity (Wildman–Crippen MR) is 120 cm³/mol. The van der Waals surface area contributed by atoms with Gasteiger partial charge in [-0.25, -0.2) is 4.39 Å². The lowest BCUT2D eigenvalue weighted by Gasteiger charge is -2.32. The van der Waals surface area contributed by atoms with Gasteiger partial charge in [0.1, 0.15) is 5.82 Å². The van der Waals surface area contributed by atoms with Crippen molar-refractivity contribution in [3.8, 4) is 0 Å². The lowest BCUT2D eigenvalue weighted by atomic mass is 9.73. The van der Waals surface area contributed by atoms with E-state index in [9.17, 15) is 22.4 Å². The quantitative estimate of drug-likeness (QED) is 0.345. The first-order valence-corrected chi connectivity index (χ1v) is 10.9. The molecule has 1 aliphatic carbocycles. The van der Waals surface area contributed by atoms with Gasteiger partial charge in [-0.2, -0.15) is 13.2 Å². The molecule has 1 aromatic heterocycles. The summed E-state index contributed by atoms with van der Waals surface area (Å²) in [7, 11) is 0. The summed E-state index contributed by atoms with van der Waals surface area (Å²) in [5.41, 5.74) is 6.78. The molecule has 0 bridgehead atoms. The first-order valence-electron chi connectivity index (χ1n) is 10.9. The molecule has 174 valence electrons. The molecule has 1 heterocycles. The van der Waals surface area contributed by atoms with Crippen LogP contribution in [0.4, 0.5) is 28.9 Å². The number of nitrogen functional groups attached to an aromatic ring is 1. The number of halogens is 4. The molecule has 1 saturated carbocycles. The molecule has 1 fully saturated rings. The number of fused-ring (bicyclic) bond motifs is 1. The summed E-state index contributed by atoms with van der Waals surface area (Å²) in [6.45, 7) is 1.83. The Kier molecular flexibility index (Phi) is 6.28. The maximum atomic E-state index is 13.8. The number of pyridine rings is 1. The van der Waals surface area contributed by atoms with Crippen molar-refractivity contribution < 1.29 is 22.4 Å². The fourth-order valence-corrected chi connectivity index (χ4v) is 4.74. The minimum absolute atomic E-state index is 0.120. The number of carbonyl (C=O) groups excluding carboxylic acids is 1. The van der Waals surface area contributed by atoms with E-state index < -0.39 is 11.7 Å². The van der Waals surface area contributed by atoms with E-state index in [1.54, 1.807) is 12.3 Å². The number of aromatic nitrogens is 1. The van der Waals surface area contributed by atoms with E-state index in [4.69, 9.17) is 5.73 Å². The van der Waals surface area contributed by atoms with Gasteiger partial charge in [0.2, 0.25) is 5.91 Å². The van der Waals surface area contributed by atoms with Crippen LogP contribution in [0.15, 0.2) is 48.7 Å². The van der Waals surface area contributed by atoms with Crippen molar-refractivity contribution in [2.75, 3.05) is 11.1 Å². The minimum Gasteiger partial charge on any atom is -0.397 e. The maximum absolute atomic E-state index is 13.8. The van der Waals surface area contributed by atoms with E-state index in [1.165, 1.54) is 18.2 Å². The van der Waals surface area contributed by atoms with Crippen molar-refractivity contribution in [2.45, 2.75) is 44.7 Å². The second kappa shape index (κ2) is 9.00. The Morgan fingerprint density at radius 3 is 2.48 bits per heavy atom. The van der Waals surface area contributed by atoms with Crippen LogP contribution in [0.5, 0.6) is 0 Å². The lowest BCUT2D eigenvalue weighted by molar-refractivity contribution is -0.137. The Labute approximate surface area is 189 Å². The molecule has 0 unspecified atom stereocenters. The van der Waals surface area contributed by atoms with Crippen molar-refractivity contribution >= 4 is 28.2 Å². The first kappa shape index (κ1) is 23.0. The number of nitrogens with zero attached hydrogens (tertiary/aromatic N) is 1. The number of benzene rings is 2. The fraction of sp³-hybridized carbons (Fsp3) is 0.360. The summed E-state index contributed by atoms with van der Waals surface area (Å²) >= 11 is 0. The summed E-state index contributed by atoms with van der Waals surface area (Å²) < 4.78 is 52.3. The fourth-order valence-electron chi connectivity index (χ4n) is 4.74. The number of amides is 1. The minimum atomic E-state index is -4.49. The van der Waals surface area contributed by atoms with E-state index in [1.807, 2.05) is 13.0 Å². The van der Waals surface area contributed by atoms with Crippen LogP contribution in [0.2, 0.25) is 0 Å². The molecule has 4 nitrogen and oxygen atoms in total. The summed E-state index contributed by atoms with van der Waals surface area (Å²) in [5, 5.41) is 3.50. The number of anilines is 2. The second-order valence-electron chi connectivity index (χ2n) is 8.75. The SMILES string of the molecule is C[C@@H](C(=O)Nc1ccc(C(F)(F)F)cc1N)[C@H]1CC[C@@H](c2ccnc3ccc(F)cc32)CC1. The third-order valence-corrected chi connectivity index (χ3v) is 6.71. The van der Waals surface area contributed by atoms with Gasteiger partial charge in [0.25, 0.3) is 0 Å². The van der Waals surface area contributed by atoms with Crippen molar-refractivity contribution in [1.29, 1.82) is 0 Å². The third kappa shape index (κ3) is 4.94. The largest absolute Gasteiger partial charge is 0.416 e. The Morgan fingerprint density at radius 2 is 1.82 bits per heavy atom. The van der Waals surface area contributed by atoms with Crippen molar-refractivity contribution in [3.63, 3.8) is 0 Å². The summed E-state index contributed by atoms with van der Waals surface area (Å²) in [6.07, 6.45) is 0.614. The van der Waals surface area contributed by atoms with Crippen LogP contribution in [-0.4, -0.2) is 10.9 Å². The van der Waals surface area contributed by atoms with Crippen LogP contribution in [0.1, 0.15) is 49.7 Å². The van der Waals surface area contributed by atoms with Gasteiger partial charge in [0, 0.05) is 17.5 Å². The summed E-state index contributed by atoms with van der Waals surface area (Å²) in [6, 6.07) is 9.47. The molecule has 0 spiro atoms. The number of rotatable bonds is 4. The molecule has 1 atom stereocenters. The molecule has 1 amide bonds. The zero-order valence-corrected chi connectivity index (χ0v) is 18.1. The highest BCUT2D eigenvalue weighted by Gasteiger charge is 2.32. The average Bonchev–Trinajstić information content (AvgIpc) is 2.79. The van der Waals surface area contributed by atoms with Crippen LogP contribution in [0, 0.1) is 17.7 Å². The van der Waals surface area contributed by atoms with Crippen LogP contribution in [-0.2, 0) is 11.0 Å². The Hall–Kier alpha value is -3.16. The molecule has 8 heteroatoms.